The van der Waals surface area contributed by atoms with Gasteiger partial charge in [-0.2, -0.15) is 30.3 Å². The minimum Gasteiger partial charge on any atom is -0.839 e. The largest absolute Gasteiger partial charge is 5.00 e. The molecule has 0 spiro atoms. The molecule has 0 atom stereocenters. The van der Waals surface area contributed by atoms with Gasteiger partial charge in [0.15, 0.2) is 0 Å². The Labute approximate surface area is 105 Å². The van der Waals surface area contributed by atoms with E-state index in [1.807, 2.05) is 30.3 Å². The molecule has 85 valence electrons. The molecule has 16 heavy (non-hydrogen) atoms. The maximum absolute atomic E-state index is 10.0. The first-order chi connectivity index (χ1) is 7.08. The van der Waals surface area contributed by atoms with E-state index >= 15 is 0 Å². The minimum atomic E-state index is -4.73. The van der Waals surface area contributed by atoms with Gasteiger partial charge in [-0.25, -0.2) is 24.3 Å². The molecule has 4 nitrogen and oxygen atoms in total. The monoisotopic (exact) mass is 278 g/mol. The van der Waals surface area contributed by atoms with E-state index in [0.29, 0.717) is 0 Å². The van der Waals surface area contributed by atoms with Crippen LogP contribution in [0.1, 0.15) is 0 Å². The van der Waals surface area contributed by atoms with Crippen molar-refractivity contribution in [2.24, 2.45) is 4.74 Å². The summed E-state index contributed by atoms with van der Waals surface area (Å²) in [4.78, 5) is 30.0. The molecule has 0 saturated heterocycles. The summed E-state index contributed by atoms with van der Waals surface area (Å²) in [5.41, 5.74) is 0.188. The van der Waals surface area contributed by atoms with Crippen LogP contribution in [-0.4, -0.2) is 0 Å². The van der Waals surface area contributed by atoms with Gasteiger partial charge in [-0.3, -0.25) is 0 Å². The number of hydrogen-bond acceptors (Lipinski definition) is 4. The molecule has 1 radical (unpaired) electrons. The summed E-state index contributed by atoms with van der Waals surface area (Å²) in [6.45, 7) is 0. The fraction of sp³-hybridized carbons (Fsp3) is 0. The van der Waals surface area contributed by atoms with Crippen LogP contribution < -0.4 is 14.7 Å². The first kappa shape index (κ1) is 15.3. The molecule has 0 amide bonds. The maximum atomic E-state index is 10.0. The van der Waals surface area contributed by atoms with Crippen molar-refractivity contribution in [3.63, 3.8) is 0 Å². The second-order valence-electron chi connectivity index (χ2n) is 2.67. The number of rotatable bonds is 1. The Balaban J connectivity index is 0.000000318. The Kier molecular flexibility index (Phi) is 7.26. The van der Waals surface area contributed by atoms with Gasteiger partial charge in [-0.15, -0.1) is 0 Å². The van der Waals surface area contributed by atoms with Crippen molar-refractivity contribution in [1.82, 2.24) is 0 Å². The summed E-state index contributed by atoms with van der Waals surface area (Å²) in [6, 6.07) is 16.1. The molecule has 0 aliphatic rings. The van der Waals surface area contributed by atoms with E-state index in [0.717, 1.165) is 0 Å². The van der Waals surface area contributed by atoms with E-state index in [9.17, 15) is 14.7 Å². The van der Waals surface area contributed by atoms with Crippen LogP contribution >= 0.6 is 7.74 Å². The molecule has 2 aromatic carbocycles. The third-order valence-electron chi connectivity index (χ3n) is 1.44. The van der Waals surface area contributed by atoms with Gasteiger partial charge >= 0.3 is 17.1 Å². The van der Waals surface area contributed by atoms with Gasteiger partial charge in [0.25, 0.3) is 0 Å². The molecule has 2 aromatic rings. The summed E-state index contributed by atoms with van der Waals surface area (Å²) < 4.78 is 2.90. The Bertz CT molecular complexity index is 380. The van der Waals surface area contributed by atoms with E-state index in [2.05, 4.69) is 4.74 Å². The van der Waals surface area contributed by atoms with Crippen molar-refractivity contribution >= 4 is 13.4 Å². The van der Waals surface area contributed by atoms with Crippen LogP contribution in [0.15, 0.2) is 59.3 Å². The Hall–Kier alpha value is -0.671. The van der Waals surface area contributed by atoms with Crippen molar-refractivity contribution in [2.75, 3.05) is 0 Å². The van der Waals surface area contributed by atoms with Crippen LogP contribution in [0.3, 0.4) is 0 Å². The SMILES string of the molecule is [Fe+5].[O-]P([O-])([O-])=N[c-]1cccc1.c1cc[cH-]c1. The molecule has 0 aromatic heterocycles. The molecule has 0 heterocycles. The summed E-state index contributed by atoms with van der Waals surface area (Å²) in [6.07, 6.45) is 0. The third kappa shape index (κ3) is 7.60. The predicted octanol–water partition coefficient (Wildman–Crippen LogP) is 0.467. The molecule has 6 heteroatoms. The van der Waals surface area contributed by atoms with Crippen molar-refractivity contribution in [1.29, 1.82) is 0 Å². The number of nitrogens with zero attached hydrogens (tertiary/aromatic N) is 1. The van der Waals surface area contributed by atoms with Crippen molar-refractivity contribution < 1.29 is 31.7 Å². The molecular formula is C10H9FeNO3P. The normalized spacial score (nSPS) is 9.69. The van der Waals surface area contributed by atoms with E-state index in [1.54, 1.807) is 12.1 Å². The van der Waals surface area contributed by atoms with Crippen LogP contribution in [-0.2, 0) is 17.1 Å². The zero-order valence-corrected chi connectivity index (χ0v) is 10.2. The Morgan fingerprint density at radius 1 is 0.938 bits per heavy atom. The fourth-order valence-corrected chi connectivity index (χ4v) is 1.31. The summed E-state index contributed by atoms with van der Waals surface area (Å²) in [5.74, 6) is 0. The first-order valence-electron chi connectivity index (χ1n) is 4.22. The van der Waals surface area contributed by atoms with Gasteiger partial charge in [0, 0.05) is 0 Å². The van der Waals surface area contributed by atoms with Gasteiger partial charge in [0.05, 0.1) is 0 Å². The molecule has 0 fully saturated rings. The molecule has 0 aliphatic carbocycles. The maximum Gasteiger partial charge on any atom is 5.00 e. The minimum absolute atomic E-state index is 0. The number of hydrogen-bond donors (Lipinski definition) is 0. The smallest absolute Gasteiger partial charge is 0.839 e. The van der Waals surface area contributed by atoms with Gasteiger partial charge in [-0.05, 0) is 0 Å². The second kappa shape index (κ2) is 7.58. The molecule has 0 N–H and O–H groups in total. The van der Waals surface area contributed by atoms with Crippen LogP contribution in [0.25, 0.3) is 0 Å². The quantitative estimate of drug-likeness (QED) is 0.432. The zero-order chi connectivity index (χ0) is 11.1. The first-order valence-corrected chi connectivity index (χ1v) is 5.71. The second-order valence-corrected chi connectivity index (χ2v) is 3.81. The average molecular weight is 278 g/mol. The molecule has 0 aliphatic heterocycles. The molecular weight excluding hydrogens is 269 g/mol. The standard InChI is InChI=1S/C5H4NO3P.C5H5.Fe/c7-10(8,9)6-5-3-1-2-4-5;1-2-4-5-3-1;/h1-4H;1-5H;/q-4;-1;+5. The van der Waals surface area contributed by atoms with E-state index in [1.165, 1.54) is 12.1 Å². The molecule has 0 bridgehead atoms. The van der Waals surface area contributed by atoms with Crippen LogP contribution in [0.5, 0.6) is 0 Å². The van der Waals surface area contributed by atoms with Gasteiger partial charge in [0.2, 0.25) is 0 Å². The molecule has 0 saturated carbocycles. The van der Waals surface area contributed by atoms with Crippen molar-refractivity contribution in [3.8, 4) is 0 Å². The van der Waals surface area contributed by atoms with Crippen LogP contribution in [0.2, 0.25) is 0 Å². The molecule has 2 rings (SSSR count). The summed E-state index contributed by atoms with van der Waals surface area (Å²) >= 11 is 0. The van der Waals surface area contributed by atoms with Crippen molar-refractivity contribution in [2.45, 2.75) is 0 Å². The molecule has 0 unspecified atom stereocenters. The summed E-state index contributed by atoms with van der Waals surface area (Å²) in [5, 5.41) is 0. The van der Waals surface area contributed by atoms with Crippen LogP contribution in [0.4, 0.5) is 5.69 Å². The Morgan fingerprint density at radius 2 is 1.44 bits per heavy atom. The van der Waals surface area contributed by atoms with Gasteiger partial charge in [0.1, 0.15) is 0 Å². The van der Waals surface area contributed by atoms with Gasteiger partial charge in [-0.1, -0.05) is 5.69 Å². The predicted molar refractivity (Wildman–Crippen MR) is 53.1 cm³/mol. The third-order valence-corrected chi connectivity index (χ3v) is 1.91. The summed E-state index contributed by atoms with van der Waals surface area (Å²) in [7, 11) is -4.73. The topological polar surface area (TPSA) is 81.5 Å². The van der Waals surface area contributed by atoms with Gasteiger partial charge < -0.3 is 27.2 Å². The van der Waals surface area contributed by atoms with E-state index in [4.69, 9.17) is 0 Å². The van der Waals surface area contributed by atoms with E-state index < -0.39 is 7.74 Å². The van der Waals surface area contributed by atoms with Crippen molar-refractivity contribution in [3.05, 3.63) is 54.6 Å². The van der Waals surface area contributed by atoms with E-state index in [-0.39, 0.29) is 22.8 Å². The zero-order valence-electron chi connectivity index (χ0n) is 8.17. The average Bonchev–Trinajstić information content (AvgIpc) is 2.71. The Morgan fingerprint density at radius 3 is 1.75 bits per heavy atom. The van der Waals surface area contributed by atoms with Crippen LogP contribution in [0, 0.1) is 0 Å². The fourth-order valence-electron chi connectivity index (χ4n) is 0.893.